The third-order valence-corrected chi connectivity index (χ3v) is 7.05. The van der Waals surface area contributed by atoms with Crippen molar-refractivity contribution < 1.29 is 19.1 Å². The third kappa shape index (κ3) is 5.44. The average Bonchev–Trinajstić information content (AvgIpc) is 3.13. The number of amides is 2. The van der Waals surface area contributed by atoms with E-state index in [9.17, 15) is 9.59 Å². The molecule has 2 aromatic rings. The van der Waals surface area contributed by atoms with Crippen LogP contribution in [0.5, 0.6) is 11.5 Å². The number of hydrogen-bond acceptors (Lipinski definition) is 6. The molecule has 0 spiro atoms. The lowest BCUT2D eigenvalue weighted by Crippen LogP contribution is -2.44. The Bertz CT molecular complexity index is 1120. The quantitative estimate of drug-likeness (QED) is 0.579. The predicted molar refractivity (Wildman–Crippen MR) is 135 cm³/mol. The van der Waals surface area contributed by atoms with E-state index < -0.39 is 5.91 Å². The molecule has 0 bridgehead atoms. The van der Waals surface area contributed by atoms with Crippen molar-refractivity contribution in [2.45, 2.75) is 38.6 Å². The Morgan fingerprint density at radius 2 is 1.94 bits per heavy atom. The molecule has 0 unspecified atom stereocenters. The monoisotopic (exact) mass is 479 g/mol. The van der Waals surface area contributed by atoms with Crippen LogP contribution in [0.2, 0.25) is 0 Å². The molecule has 2 N–H and O–H groups in total. The van der Waals surface area contributed by atoms with E-state index in [4.69, 9.17) is 20.2 Å². The van der Waals surface area contributed by atoms with Gasteiger partial charge in [-0.2, -0.15) is 0 Å². The van der Waals surface area contributed by atoms with Crippen molar-refractivity contribution in [2.24, 2.45) is 16.6 Å². The Kier molecular flexibility index (Phi) is 7.57. The standard InChI is InChI=1S/C26H29N3O4S/c1-17-8-6-7-11-20(17)29-25(31)23(34-26(29)28-19-9-4-3-5-10-19)15-18-12-13-21(22(14-18)32-2)33-16-24(27)30/h3-5,9-10,12-15,17,20H,6-8,11,16H2,1-2H3,(H2,27,30)/b23-15-,28-26?/t17-,20-/m0/s1. The summed E-state index contributed by atoms with van der Waals surface area (Å²) in [6.45, 7) is 1.98. The van der Waals surface area contributed by atoms with Gasteiger partial charge in [-0.05, 0) is 66.4 Å². The summed E-state index contributed by atoms with van der Waals surface area (Å²) in [7, 11) is 1.52. The molecule has 2 aromatic carbocycles. The van der Waals surface area contributed by atoms with Crippen molar-refractivity contribution in [2.75, 3.05) is 13.7 Å². The van der Waals surface area contributed by atoms with Gasteiger partial charge in [-0.15, -0.1) is 0 Å². The van der Waals surface area contributed by atoms with E-state index in [1.165, 1.54) is 25.3 Å². The van der Waals surface area contributed by atoms with E-state index in [-0.39, 0.29) is 18.6 Å². The summed E-state index contributed by atoms with van der Waals surface area (Å²) in [5.41, 5.74) is 6.78. The van der Waals surface area contributed by atoms with Gasteiger partial charge >= 0.3 is 0 Å². The molecule has 0 radical (unpaired) electrons. The highest BCUT2D eigenvalue weighted by atomic mass is 32.2. The molecule has 34 heavy (non-hydrogen) atoms. The van der Waals surface area contributed by atoms with Gasteiger partial charge in [0.1, 0.15) is 0 Å². The second-order valence-electron chi connectivity index (χ2n) is 8.51. The zero-order chi connectivity index (χ0) is 24.1. The summed E-state index contributed by atoms with van der Waals surface area (Å²) in [6, 6.07) is 15.2. The van der Waals surface area contributed by atoms with Crippen LogP contribution in [0.4, 0.5) is 5.69 Å². The fraction of sp³-hybridized carbons (Fsp3) is 0.346. The zero-order valence-corrected chi connectivity index (χ0v) is 20.2. The molecule has 2 amide bonds. The number of rotatable bonds is 7. The van der Waals surface area contributed by atoms with E-state index in [1.54, 1.807) is 12.1 Å². The molecule has 1 heterocycles. The second kappa shape index (κ2) is 10.8. The number of methoxy groups -OCH3 is 1. The van der Waals surface area contributed by atoms with Crippen LogP contribution < -0.4 is 15.2 Å². The third-order valence-electron chi connectivity index (χ3n) is 6.07. The van der Waals surface area contributed by atoms with Crippen LogP contribution in [0, 0.1) is 5.92 Å². The number of carbonyl (C=O) groups excluding carboxylic acids is 2. The molecule has 1 saturated carbocycles. The van der Waals surface area contributed by atoms with Gasteiger partial charge in [-0.25, -0.2) is 4.99 Å². The van der Waals surface area contributed by atoms with E-state index in [0.717, 1.165) is 35.7 Å². The molecule has 2 fully saturated rings. The van der Waals surface area contributed by atoms with E-state index in [2.05, 4.69) is 6.92 Å². The molecule has 1 saturated heterocycles. The number of aliphatic imine (C=N–C) groups is 1. The largest absolute Gasteiger partial charge is 0.493 e. The van der Waals surface area contributed by atoms with Crippen molar-refractivity contribution in [3.8, 4) is 11.5 Å². The number of nitrogens with two attached hydrogens (primary N) is 1. The Hall–Kier alpha value is -3.26. The number of hydrogen-bond donors (Lipinski definition) is 1. The van der Waals surface area contributed by atoms with Gasteiger partial charge in [0.05, 0.1) is 17.7 Å². The number of primary amides is 1. The number of carbonyl (C=O) groups is 2. The SMILES string of the molecule is COc1cc(/C=C2\SC(=Nc3ccccc3)N([C@H]3CCCC[C@@H]3C)C2=O)ccc1OCC(N)=O. The topological polar surface area (TPSA) is 94.2 Å². The van der Waals surface area contributed by atoms with Gasteiger partial charge in [-0.3, -0.25) is 14.5 Å². The first-order valence-electron chi connectivity index (χ1n) is 11.4. The summed E-state index contributed by atoms with van der Waals surface area (Å²) >= 11 is 1.40. The number of amidine groups is 1. The first-order valence-corrected chi connectivity index (χ1v) is 12.2. The molecule has 1 aliphatic carbocycles. The number of benzene rings is 2. The van der Waals surface area contributed by atoms with E-state index in [1.807, 2.05) is 47.4 Å². The molecule has 0 aromatic heterocycles. The maximum Gasteiger partial charge on any atom is 0.267 e. The van der Waals surface area contributed by atoms with Crippen LogP contribution in [0.15, 0.2) is 58.4 Å². The van der Waals surface area contributed by atoms with E-state index >= 15 is 0 Å². The zero-order valence-electron chi connectivity index (χ0n) is 19.4. The second-order valence-corrected chi connectivity index (χ2v) is 9.52. The Morgan fingerprint density at radius 1 is 1.18 bits per heavy atom. The number of thioether (sulfide) groups is 1. The highest BCUT2D eigenvalue weighted by molar-refractivity contribution is 8.18. The van der Waals surface area contributed by atoms with Gasteiger partial charge < -0.3 is 15.2 Å². The van der Waals surface area contributed by atoms with Crippen molar-refractivity contribution in [1.82, 2.24) is 4.90 Å². The smallest absolute Gasteiger partial charge is 0.267 e. The molecular weight excluding hydrogens is 450 g/mol. The maximum atomic E-state index is 13.6. The first-order chi connectivity index (χ1) is 16.5. The number of para-hydroxylation sites is 1. The molecule has 7 nitrogen and oxygen atoms in total. The van der Waals surface area contributed by atoms with Crippen LogP contribution in [-0.2, 0) is 9.59 Å². The normalized spacial score (nSPS) is 22.9. The van der Waals surface area contributed by atoms with Crippen molar-refractivity contribution >= 4 is 40.5 Å². The summed E-state index contributed by atoms with van der Waals surface area (Å²) in [4.78, 5) is 32.0. The molecule has 1 aliphatic heterocycles. The number of nitrogens with zero attached hydrogens (tertiary/aromatic N) is 2. The molecule has 178 valence electrons. The van der Waals surface area contributed by atoms with Crippen LogP contribution in [0.1, 0.15) is 38.2 Å². The predicted octanol–water partition coefficient (Wildman–Crippen LogP) is 4.74. The van der Waals surface area contributed by atoms with Gasteiger partial charge in [-0.1, -0.05) is 44.0 Å². The maximum absolute atomic E-state index is 13.6. The minimum atomic E-state index is -0.566. The van der Waals surface area contributed by atoms with Crippen molar-refractivity contribution in [3.63, 3.8) is 0 Å². The highest BCUT2D eigenvalue weighted by Crippen LogP contribution is 2.40. The van der Waals surface area contributed by atoms with Gasteiger partial charge in [0.15, 0.2) is 23.3 Å². The van der Waals surface area contributed by atoms with Crippen LogP contribution in [-0.4, -0.2) is 41.6 Å². The van der Waals surface area contributed by atoms with Crippen LogP contribution in [0.3, 0.4) is 0 Å². The van der Waals surface area contributed by atoms with Crippen molar-refractivity contribution in [3.05, 3.63) is 59.0 Å². The lowest BCUT2D eigenvalue weighted by molar-refractivity contribution is -0.125. The fourth-order valence-electron chi connectivity index (χ4n) is 4.34. The Labute approximate surface area is 204 Å². The summed E-state index contributed by atoms with van der Waals surface area (Å²) in [5.74, 6) is 0.704. The first kappa shape index (κ1) is 23.9. The van der Waals surface area contributed by atoms with E-state index in [0.29, 0.717) is 22.3 Å². The fourth-order valence-corrected chi connectivity index (χ4v) is 5.39. The molecule has 2 aliphatic rings. The minimum Gasteiger partial charge on any atom is -0.493 e. The average molecular weight is 480 g/mol. The summed E-state index contributed by atoms with van der Waals surface area (Å²) in [5, 5.41) is 0.717. The minimum absolute atomic E-state index is 0.0218. The molecule has 8 heteroatoms. The molecular formula is C26H29N3O4S. The molecule has 4 rings (SSSR count). The van der Waals surface area contributed by atoms with Crippen molar-refractivity contribution in [1.29, 1.82) is 0 Å². The molecule has 2 atom stereocenters. The van der Waals surface area contributed by atoms with Gasteiger partial charge in [0.25, 0.3) is 11.8 Å². The lowest BCUT2D eigenvalue weighted by Gasteiger charge is -2.35. The highest BCUT2D eigenvalue weighted by Gasteiger charge is 2.41. The lowest BCUT2D eigenvalue weighted by atomic mass is 9.85. The summed E-state index contributed by atoms with van der Waals surface area (Å²) < 4.78 is 10.8. The van der Waals surface area contributed by atoms with Crippen LogP contribution in [0.25, 0.3) is 6.08 Å². The van der Waals surface area contributed by atoms with Crippen LogP contribution >= 0.6 is 11.8 Å². The summed E-state index contributed by atoms with van der Waals surface area (Å²) in [6.07, 6.45) is 6.26. The van der Waals surface area contributed by atoms with Gasteiger partial charge in [0.2, 0.25) is 0 Å². The Morgan fingerprint density at radius 3 is 2.65 bits per heavy atom. The number of ether oxygens (including phenoxy) is 2. The Balaban J connectivity index is 1.66. The van der Waals surface area contributed by atoms with Gasteiger partial charge in [0, 0.05) is 6.04 Å².